The van der Waals surface area contributed by atoms with Gasteiger partial charge in [-0.1, -0.05) is 13.3 Å². The first-order chi connectivity index (χ1) is 14.1. The second-order valence-corrected chi connectivity index (χ2v) is 10.0. The minimum absolute atomic E-state index is 0.109. The molecule has 4 fully saturated rings. The lowest BCUT2D eigenvalue weighted by atomic mass is 9.73. The van der Waals surface area contributed by atoms with Gasteiger partial charge in [-0.25, -0.2) is 15.2 Å². The number of hydrogen-bond acceptors (Lipinski definition) is 4. The van der Waals surface area contributed by atoms with Gasteiger partial charge in [-0.3, -0.25) is 9.69 Å². The predicted octanol–water partition coefficient (Wildman–Crippen LogP) is 3.28. The fourth-order valence-corrected chi connectivity index (χ4v) is 6.37. The molecule has 5 nitrogen and oxygen atoms in total. The minimum Gasteiger partial charge on any atom is -0.339 e. The number of halogens is 4. The number of nitrogens with zero attached hydrogens (tertiary/aromatic N) is 2. The Balaban J connectivity index is 1.43. The molecule has 2 heterocycles. The molecule has 0 aromatic rings. The first kappa shape index (κ1) is 22.3. The van der Waals surface area contributed by atoms with Crippen LogP contribution in [0.3, 0.4) is 0 Å². The van der Waals surface area contributed by atoms with Gasteiger partial charge >= 0.3 is 6.18 Å². The van der Waals surface area contributed by atoms with E-state index >= 15 is 0 Å². The van der Waals surface area contributed by atoms with Crippen LogP contribution in [-0.2, 0) is 4.79 Å². The maximum absolute atomic E-state index is 14.7. The summed E-state index contributed by atoms with van der Waals surface area (Å²) in [5.41, 5.74) is 6.33. The molecule has 30 heavy (non-hydrogen) atoms. The van der Waals surface area contributed by atoms with Crippen LogP contribution >= 0.6 is 0 Å². The molecule has 0 aromatic heterocycles. The predicted molar refractivity (Wildman–Crippen MR) is 105 cm³/mol. The van der Waals surface area contributed by atoms with Crippen LogP contribution in [0.15, 0.2) is 0 Å². The molecule has 8 unspecified atom stereocenters. The van der Waals surface area contributed by atoms with Crippen molar-refractivity contribution >= 4 is 5.91 Å². The van der Waals surface area contributed by atoms with Crippen molar-refractivity contribution in [3.8, 4) is 0 Å². The molecule has 2 saturated heterocycles. The van der Waals surface area contributed by atoms with Gasteiger partial charge in [0.15, 0.2) is 0 Å². The molecule has 0 spiro atoms. The second kappa shape index (κ2) is 8.54. The molecule has 8 atom stereocenters. The summed E-state index contributed by atoms with van der Waals surface area (Å²) in [5.74, 6) is -2.38. The van der Waals surface area contributed by atoms with E-state index in [4.69, 9.17) is 0 Å². The van der Waals surface area contributed by atoms with Gasteiger partial charge in [-0.15, -0.1) is 0 Å². The maximum atomic E-state index is 14.7. The lowest BCUT2D eigenvalue weighted by Crippen LogP contribution is -2.45. The van der Waals surface area contributed by atoms with Gasteiger partial charge < -0.3 is 4.90 Å². The monoisotopic (exact) mass is 434 g/mol. The summed E-state index contributed by atoms with van der Waals surface area (Å²) in [4.78, 5) is 16.8. The molecule has 4 rings (SSSR count). The summed E-state index contributed by atoms with van der Waals surface area (Å²) in [5, 5.41) is 0. The summed E-state index contributed by atoms with van der Waals surface area (Å²) < 4.78 is 55.3. The van der Waals surface area contributed by atoms with Gasteiger partial charge in [0.1, 0.15) is 6.17 Å². The molecule has 0 bridgehead atoms. The molecular weight excluding hydrogens is 400 g/mol. The molecule has 1 amide bonds. The van der Waals surface area contributed by atoms with Gasteiger partial charge in [0.05, 0.1) is 18.8 Å². The first-order valence-corrected chi connectivity index (χ1v) is 11.3. The van der Waals surface area contributed by atoms with Crippen molar-refractivity contribution in [1.82, 2.24) is 20.7 Å². The van der Waals surface area contributed by atoms with Crippen LogP contribution in [0.5, 0.6) is 0 Å². The maximum Gasteiger partial charge on any atom is 0.392 e. The second-order valence-electron chi connectivity index (χ2n) is 10.0. The lowest BCUT2D eigenvalue weighted by molar-refractivity contribution is -0.198. The van der Waals surface area contributed by atoms with E-state index in [1.54, 1.807) is 4.90 Å². The number of alkyl halides is 4. The van der Waals surface area contributed by atoms with Crippen molar-refractivity contribution in [3.63, 3.8) is 0 Å². The van der Waals surface area contributed by atoms with Crippen molar-refractivity contribution in [1.29, 1.82) is 0 Å². The lowest BCUT2D eigenvalue weighted by Gasteiger charge is -2.40. The SMILES string of the molecule is CC(CC1NNCN1C)C1CC(F)CC(N2CC3C(CCCC3C(F)(F)F)C2=O)C1. The summed E-state index contributed by atoms with van der Waals surface area (Å²) >= 11 is 0. The van der Waals surface area contributed by atoms with Crippen LogP contribution in [0.1, 0.15) is 51.9 Å². The standard InChI is InChI=1S/C21H34F4N4O/c1-12(6-19-27-26-11-28(19)2)13-7-14(22)9-15(8-13)29-10-17-16(20(29)30)4-3-5-18(17)21(23,24)25/h12-19,26-27H,3-11H2,1-2H3. The molecule has 4 aliphatic rings. The van der Waals surface area contributed by atoms with Crippen LogP contribution in [0.2, 0.25) is 0 Å². The Kier molecular flexibility index (Phi) is 6.34. The van der Waals surface area contributed by atoms with Crippen molar-refractivity contribution in [3.05, 3.63) is 0 Å². The number of carbonyl (C=O) groups is 1. The van der Waals surface area contributed by atoms with E-state index in [0.717, 1.165) is 13.1 Å². The average Bonchev–Trinajstić information content (AvgIpc) is 3.23. The molecule has 0 aromatic carbocycles. The van der Waals surface area contributed by atoms with Gasteiger partial charge in [0.25, 0.3) is 0 Å². The van der Waals surface area contributed by atoms with Crippen molar-refractivity contribution in [2.75, 3.05) is 20.3 Å². The highest BCUT2D eigenvalue weighted by Gasteiger charge is 2.56. The Morgan fingerprint density at radius 2 is 1.97 bits per heavy atom. The van der Waals surface area contributed by atoms with Crippen LogP contribution in [0, 0.1) is 29.6 Å². The summed E-state index contributed by atoms with van der Waals surface area (Å²) in [6.45, 7) is 3.02. The molecule has 2 saturated carbocycles. The van der Waals surface area contributed by atoms with Crippen LogP contribution in [0.4, 0.5) is 17.6 Å². The van der Waals surface area contributed by atoms with E-state index in [9.17, 15) is 22.4 Å². The van der Waals surface area contributed by atoms with Gasteiger partial charge in [-0.05, 0) is 63.3 Å². The van der Waals surface area contributed by atoms with Crippen molar-refractivity contribution in [2.45, 2.75) is 76.4 Å². The topological polar surface area (TPSA) is 47.6 Å². The third-order valence-electron chi connectivity index (χ3n) is 8.12. The van der Waals surface area contributed by atoms with Crippen LogP contribution in [-0.4, -0.2) is 60.5 Å². The van der Waals surface area contributed by atoms with Gasteiger partial charge in [-0.2, -0.15) is 13.2 Å². The van der Waals surface area contributed by atoms with E-state index in [1.165, 1.54) is 0 Å². The Labute approximate surface area is 175 Å². The number of carbonyl (C=O) groups excluding carboxylic acids is 1. The molecule has 2 aliphatic heterocycles. The minimum atomic E-state index is -4.26. The number of likely N-dealkylation sites (tertiary alicyclic amines) is 1. The Bertz CT molecular complexity index is 633. The molecule has 2 N–H and O–H groups in total. The largest absolute Gasteiger partial charge is 0.392 e. The zero-order valence-electron chi connectivity index (χ0n) is 17.8. The number of hydrazine groups is 1. The Morgan fingerprint density at radius 3 is 2.63 bits per heavy atom. The highest BCUT2D eigenvalue weighted by Crippen LogP contribution is 2.49. The van der Waals surface area contributed by atoms with E-state index in [2.05, 4.69) is 22.7 Å². The number of hydrogen-bond donors (Lipinski definition) is 2. The van der Waals surface area contributed by atoms with Crippen LogP contribution in [0.25, 0.3) is 0 Å². The Hall–Kier alpha value is -0.930. The van der Waals surface area contributed by atoms with Crippen molar-refractivity contribution < 1.29 is 22.4 Å². The fourth-order valence-electron chi connectivity index (χ4n) is 6.37. The fraction of sp³-hybridized carbons (Fsp3) is 0.952. The number of fused-ring (bicyclic) bond motifs is 1. The average molecular weight is 435 g/mol. The van der Waals surface area contributed by atoms with E-state index < -0.39 is 30.1 Å². The quantitative estimate of drug-likeness (QED) is 0.667. The van der Waals surface area contributed by atoms with E-state index in [0.29, 0.717) is 25.7 Å². The zero-order chi connectivity index (χ0) is 21.6. The first-order valence-electron chi connectivity index (χ1n) is 11.3. The van der Waals surface area contributed by atoms with Gasteiger partial charge in [0.2, 0.25) is 5.91 Å². The van der Waals surface area contributed by atoms with Crippen molar-refractivity contribution in [2.24, 2.45) is 29.6 Å². The summed E-state index contributed by atoms with van der Waals surface area (Å²) in [6.07, 6.45) is -1.72. The zero-order valence-corrected chi connectivity index (χ0v) is 17.8. The van der Waals surface area contributed by atoms with E-state index in [-0.39, 0.29) is 49.3 Å². The smallest absolute Gasteiger partial charge is 0.339 e. The molecule has 2 aliphatic carbocycles. The number of rotatable bonds is 4. The molecule has 172 valence electrons. The molecule has 0 radical (unpaired) electrons. The van der Waals surface area contributed by atoms with Gasteiger partial charge in [0, 0.05) is 18.5 Å². The summed E-state index contributed by atoms with van der Waals surface area (Å²) in [7, 11) is 2.02. The normalized spacial score (nSPS) is 41.9. The molecular formula is C21H34F4N4O. The molecule has 9 heteroatoms. The van der Waals surface area contributed by atoms with E-state index in [1.807, 2.05) is 7.05 Å². The third-order valence-corrected chi connectivity index (χ3v) is 8.12. The number of amides is 1. The third kappa shape index (κ3) is 4.35. The highest BCUT2D eigenvalue weighted by molar-refractivity contribution is 5.82. The van der Waals surface area contributed by atoms with Crippen LogP contribution < -0.4 is 10.9 Å². The number of nitrogens with one attached hydrogen (secondary N) is 2. The Morgan fingerprint density at radius 1 is 1.20 bits per heavy atom. The highest BCUT2D eigenvalue weighted by atomic mass is 19.4. The summed E-state index contributed by atoms with van der Waals surface area (Å²) in [6, 6.07) is -0.277.